The van der Waals surface area contributed by atoms with Crippen LogP contribution in [0.4, 0.5) is 5.69 Å². The first kappa shape index (κ1) is 22.3. The van der Waals surface area contributed by atoms with Gasteiger partial charge in [0.05, 0.1) is 11.9 Å². The molecule has 0 aliphatic heterocycles. The number of unbranched alkanes of at least 4 members (excludes halogenated alkanes) is 1. The Kier molecular flexibility index (Phi) is 8.92. The number of hydrogen-bond donors (Lipinski definition) is 1. The fourth-order valence-electron chi connectivity index (χ4n) is 2.52. The van der Waals surface area contributed by atoms with Crippen molar-refractivity contribution < 1.29 is 17.9 Å². The third-order valence-corrected chi connectivity index (χ3v) is 5.69. The number of benzene rings is 1. The number of nitrogens with one attached hydrogen (secondary N) is 1. The number of sulfonamides is 1. The molecule has 0 saturated heterocycles. The third kappa shape index (κ3) is 7.23. The molecule has 1 rings (SSSR count). The van der Waals surface area contributed by atoms with Crippen molar-refractivity contribution in [3.05, 3.63) is 24.3 Å². The van der Waals surface area contributed by atoms with Gasteiger partial charge in [0.25, 0.3) is 5.91 Å². The van der Waals surface area contributed by atoms with Crippen LogP contribution in [0.2, 0.25) is 0 Å². The molecule has 1 aromatic rings. The molecule has 0 aliphatic carbocycles. The molecule has 0 unspecified atom stereocenters. The molecule has 0 fully saturated rings. The van der Waals surface area contributed by atoms with Crippen molar-refractivity contribution in [2.75, 3.05) is 24.2 Å². The van der Waals surface area contributed by atoms with Crippen molar-refractivity contribution in [2.45, 2.75) is 52.6 Å². The summed E-state index contributed by atoms with van der Waals surface area (Å²) < 4.78 is 29.9. The maximum atomic E-state index is 12.2. The Hall–Kier alpha value is -1.76. The van der Waals surface area contributed by atoms with Crippen molar-refractivity contribution in [1.29, 1.82) is 0 Å². The van der Waals surface area contributed by atoms with E-state index in [9.17, 15) is 13.2 Å². The second kappa shape index (κ2) is 10.4. The Morgan fingerprint density at radius 3 is 2.35 bits per heavy atom. The molecule has 148 valence electrons. The van der Waals surface area contributed by atoms with Crippen LogP contribution in [0, 0.1) is 5.92 Å². The van der Waals surface area contributed by atoms with Gasteiger partial charge >= 0.3 is 0 Å². The highest BCUT2D eigenvalue weighted by molar-refractivity contribution is 7.92. The van der Waals surface area contributed by atoms with Crippen LogP contribution in [0.5, 0.6) is 5.75 Å². The van der Waals surface area contributed by atoms with E-state index in [1.165, 1.54) is 17.8 Å². The maximum absolute atomic E-state index is 12.2. The summed E-state index contributed by atoms with van der Waals surface area (Å²) in [5.41, 5.74) is 0.540. The Bertz CT molecular complexity index is 659. The van der Waals surface area contributed by atoms with Crippen LogP contribution in [-0.2, 0) is 14.8 Å². The van der Waals surface area contributed by atoms with E-state index in [4.69, 9.17) is 4.74 Å². The van der Waals surface area contributed by atoms with E-state index in [0.717, 1.165) is 25.5 Å². The fourth-order valence-corrected chi connectivity index (χ4v) is 3.02. The van der Waals surface area contributed by atoms with Gasteiger partial charge < -0.3 is 10.1 Å². The highest BCUT2D eigenvalue weighted by Crippen LogP contribution is 2.21. The first-order valence-electron chi connectivity index (χ1n) is 9.17. The number of hydrogen-bond acceptors (Lipinski definition) is 4. The van der Waals surface area contributed by atoms with Gasteiger partial charge in [-0.25, -0.2) is 8.42 Å². The number of rotatable bonds is 11. The zero-order valence-corrected chi connectivity index (χ0v) is 17.3. The third-order valence-electron chi connectivity index (χ3n) is 4.49. The number of anilines is 1. The van der Waals surface area contributed by atoms with Crippen molar-refractivity contribution in [2.24, 2.45) is 5.92 Å². The quantitative estimate of drug-likeness (QED) is 0.636. The Labute approximate surface area is 158 Å². The summed E-state index contributed by atoms with van der Waals surface area (Å²) in [4.78, 5) is 12.2. The lowest BCUT2D eigenvalue weighted by atomic mass is 9.99. The zero-order valence-electron chi connectivity index (χ0n) is 16.5. The summed E-state index contributed by atoms with van der Waals surface area (Å²) in [7, 11) is -1.81. The molecular weight excluding hydrogens is 352 g/mol. The lowest BCUT2D eigenvalue weighted by Crippen LogP contribution is -2.38. The van der Waals surface area contributed by atoms with Crippen LogP contribution in [0.25, 0.3) is 0 Å². The largest absolute Gasteiger partial charge is 0.481 e. The SMILES string of the molecule is CCCC[C@H](CC)CNC(=O)[C@H](C)Oc1ccc(N(C)S(C)(=O)=O)cc1. The topological polar surface area (TPSA) is 75.7 Å². The minimum Gasteiger partial charge on any atom is -0.481 e. The standard InChI is InChI=1S/C19H32N2O4S/c1-6-8-9-16(7-2)14-20-19(22)15(3)25-18-12-10-17(11-13-18)21(4)26(5,23)24/h10-13,15-16H,6-9,14H2,1-5H3,(H,20,22)/t15-,16-/m0/s1. The van der Waals surface area contributed by atoms with Gasteiger partial charge in [0.2, 0.25) is 10.0 Å². The summed E-state index contributed by atoms with van der Waals surface area (Å²) in [6, 6.07) is 6.63. The molecule has 0 heterocycles. The molecular formula is C19H32N2O4S. The van der Waals surface area contributed by atoms with E-state index in [2.05, 4.69) is 19.2 Å². The molecule has 0 radical (unpaired) electrons. The molecule has 7 heteroatoms. The minimum atomic E-state index is -3.30. The maximum Gasteiger partial charge on any atom is 0.260 e. The van der Waals surface area contributed by atoms with Crippen LogP contribution in [0.1, 0.15) is 46.5 Å². The van der Waals surface area contributed by atoms with Gasteiger partial charge in [0.1, 0.15) is 5.75 Å². The molecule has 26 heavy (non-hydrogen) atoms. The lowest BCUT2D eigenvalue weighted by Gasteiger charge is -2.19. The molecule has 0 aliphatic rings. The average Bonchev–Trinajstić information content (AvgIpc) is 2.60. The molecule has 1 N–H and O–H groups in total. The molecule has 0 spiro atoms. The number of nitrogens with zero attached hydrogens (tertiary/aromatic N) is 1. The first-order chi connectivity index (χ1) is 12.2. The van der Waals surface area contributed by atoms with E-state index < -0.39 is 16.1 Å². The molecule has 0 aromatic heterocycles. The van der Waals surface area contributed by atoms with Gasteiger partial charge in [-0.2, -0.15) is 0 Å². The fraction of sp³-hybridized carbons (Fsp3) is 0.632. The second-order valence-corrected chi connectivity index (χ2v) is 8.66. The lowest BCUT2D eigenvalue weighted by molar-refractivity contribution is -0.127. The molecule has 2 atom stereocenters. The van der Waals surface area contributed by atoms with Gasteiger partial charge in [-0.05, 0) is 43.5 Å². The van der Waals surface area contributed by atoms with Gasteiger partial charge in [0, 0.05) is 13.6 Å². The molecule has 0 bridgehead atoms. The molecule has 1 amide bonds. The predicted octanol–water partition coefficient (Wildman–Crippen LogP) is 3.18. The van der Waals surface area contributed by atoms with Gasteiger partial charge in [-0.1, -0.05) is 33.1 Å². The highest BCUT2D eigenvalue weighted by atomic mass is 32.2. The smallest absolute Gasteiger partial charge is 0.260 e. The summed E-state index contributed by atoms with van der Waals surface area (Å²) in [6.45, 7) is 6.68. The van der Waals surface area contributed by atoms with Crippen LogP contribution in [0.15, 0.2) is 24.3 Å². The van der Waals surface area contributed by atoms with E-state index in [1.807, 2.05) is 0 Å². The van der Waals surface area contributed by atoms with Gasteiger partial charge in [-0.3, -0.25) is 9.10 Å². The van der Waals surface area contributed by atoms with Crippen molar-refractivity contribution in [3.8, 4) is 5.75 Å². The van der Waals surface area contributed by atoms with Crippen LogP contribution < -0.4 is 14.4 Å². The predicted molar refractivity (Wildman–Crippen MR) is 106 cm³/mol. The van der Waals surface area contributed by atoms with Crippen molar-refractivity contribution >= 4 is 21.6 Å². The number of ether oxygens (including phenoxy) is 1. The number of carbonyl (C=O) groups is 1. The summed E-state index contributed by atoms with van der Waals surface area (Å²) in [5, 5.41) is 2.96. The Morgan fingerprint density at radius 1 is 1.23 bits per heavy atom. The normalized spacial score (nSPS) is 13.7. The molecule has 0 saturated carbocycles. The van der Waals surface area contributed by atoms with Gasteiger partial charge in [-0.15, -0.1) is 0 Å². The van der Waals surface area contributed by atoms with Crippen molar-refractivity contribution in [1.82, 2.24) is 5.32 Å². The first-order valence-corrected chi connectivity index (χ1v) is 11.0. The highest BCUT2D eigenvalue weighted by Gasteiger charge is 2.17. The van der Waals surface area contributed by atoms with Crippen LogP contribution in [-0.4, -0.2) is 40.3 Å². The van der Waals surface area contributed by atoms with E-state index in [-0.39, 0.29) is 5.91 Å². The van der Waals surface area contributed by atoms with Crippen molar-refractivity contribution in [3.63, 3.8) is 0 Å². The average molecular weight is 385 g/mol. The summed E-state index contributed by atoms with van der Waals surface area (Å²) in [5.74, 6) is 0.880. The van der Waals surface area contributed by atoms with E-state index >= 15 is 0 Å². The molecule has 1 aromatic carbocycles. The van der Waals surface area contributed by atoms with E-state index in [0.29, 0.717) is 23.9 Å². The Morgan fingerprint density at radius 2 is 1.85 bits per heavy atom. The second-order valence-electron chi connectivity index (χ2n) is 6.65. The van der Waals surface area contributed by atoms with E-state index in [1.54, 1.807) is 31.2 Å². The summed E-state index contributed by atoms with van der Waals surface area (Å²) in [6.07, 6.45) is 5.04. The Balaban J connectivity index is 2.56. The molecule has 6 nitrogen and oxygen atoms in total. The minimum absolute atomic E-state index is 0.141. The van der Waals surface area contributed by atoms with Gasteiger partial charge in [0.15, 0.2) is 6.10 Å². The number of carbonyl (C=O) groups excluding carboxylic acids is 1. The zero-order chi connectivity index (χ0) is 19.7. The number of amides is 1. The summed E-state index contributed by atoms with van der Waals surface area (Å²) >= 11 is 0. The van der Waals surface area contributed by atoms with Crippen LogP contribution >= 0.6 is 0 Å². The van der Waals surface area contributed by atoms with Crippen LogP contribution in [0.3, 0.4) is 0 Å². The monoisotopic (exact) mass is 384 g/mol.